The molecule has 124 valence electrons. The van der Waals surface area contributed by atoms with E-state index in [9.17, 15) is 15.1 Å². The van der Waals surface area contributed by atoms with Crippen molar-refractivity contribution in [2.45, 2.75) is 66.2 Å². The fraction of sp³-hybridized carbons (Fsp3) is 0.875. The van der Waals surface area contributed by atoms with Crippen LogP contribution in [0.25, 0.3) is 0 Å². The van der Waals surface area contributed by atoms with Crippen LogP contribution in [0.4, 0.5) is 0 Å². The van der Waals surface area contributed by atoms with Gasteiger partial charge < -0.3 is 0 Å². The van der Waals surface area contributed by atoms with Gasteiger partial charge in [0.05, 0.1) is 23.0 Å². The van der Waals surface area contributed by atoms with Crippen molar-refractivity contribution in [3.05, 3.63) is 0 Å². The Hall–Kier alpha value is -1.00. The monoisotopic (exact) mass is 327 g/mol. The molecule has 0 aromatic rings. The first-order valence-electron chi connectivity index (χ1n) is 8.02. The van der Waals surface area contributed by atoms with Crippen LogP contribution < -0.4 is 0 Å². The largest absolute Gasteiger partial charge is 0.697 e. The van der Waals surface area contributed by atoms with E-state index in [0.29, 0.717) is 12.8 Å². The molecule has 0 rings (SSSR count). The molecule has 0 atom stereocenters. The Bertz CT molecular complexity index is 380. The fourth-order valence-electron chi connectivity index (χ4n) is 2.30. The molecule has 0 amide bonds. The first kappa shape index (κ1) is 21.0. The number of rotatable bonds is 12. The van der Waals surface area contributed by atoms with Gasteiger partial charge >= 0.3 is 8.25 Å². The lowest BCUT2D eigenvalue weighted by Gasteiger charge is -2.21. The zero-order valence-corrected chi connectivity index (χ0v) is 15.1. The third-order valence-electron chi connectivity index (χ3n) is 4.74. The molecule has 0 N–H and O–H groups in total. The summed E-state index contributed by atoms with van der Waals surface area (Å²) in [4.78, 5) is 0. The van der Waals surface area contributed by atoms with Crippen molar-refractivity contribution in [3.8, 4) is 12.1 Å². The Morgan fingerprint density at radius 2 is 1.14 bits per heavy atom. The van der Waals surface area contributed by atoms with E-state index in [0.717, 1.165) is 25.7 Å². The Morgan fingerprint density at radius 3 is 1.36 bits per heavy atom. The van der Waals surface area contributed by atoms with Gasteiger partial charge in [-0.2, -0.15) is 10.5 Å². The summed E-state index contributed by atoms with van der Waals surface area (Å²) in [5.41, 5.74) is -0.812. The standard InChI is InChI=1S/C16H28N2O3P/c1-5-15(6-2,13-17)9-11-20-22(19)21-12-10-16(7-3,8-4)14-18/h5-12H2,1-4H3/q+1. The second kappa shape index (κ2) is 10.7. The van der Waals surface area contributed by atoms with Gasteiger partial charge in [0.2, 0.25) is 0 Å². The average Bonchev–Trinajstić information content (AvgIpc) is 2.56. The molecule has 0 fully saturated rings. The van der Waals surface area contributed by atoms with Gasteiger partial charge in [-0.05, 0) is 38.5 Å². The van der Waals surface area contributed by atoms with Crippen LogP contribution in [0.15, 0.2) is 0 Å². The van der Waals surface area contributed by atoms with Gasteiger partial charge in [0.15, 0.2) is 0 Å². The SMILES string of the molecule is CCC(C#N)(CC)CCO[P+](=O)OCCC(C#N)(CC)CC. The predicted molar refractivity (Wildman–Crippen MR) is 86.0 cm³/mol. The van der Waals surface area contributed by atoms with Crippen LogP contribution in [0.1, 0.15) is 66.2 Å². The van der Waals surface area contributed by atoms with Gasteiger partial charge in [-0.25, -0.2) is 0 Å². The lowest BCUT2D eigenvalue weighted by atomic mass is 9.81. The highest BCUT2D eigenvalue weighted by Crippen LogP contribution is 2.34. The molecule has 0 radical (unpaired) electrons. The molecule has 0 heterocycles. The van der Waals surface area contributed by atoms with Crippen LogP contribution in [-0.2, 0) is 13.6 Å². The molecule has 0 saturated heterocycles. The summed E-state index contributed by atoms with van der Waals surface area (Å²) < 4.78 is 22.0. The van der Waals surface area contributed by atoms with Gasteiger partial charge in [-0.15, -0.1) is 9.05 Å². The van der Waals surface area contributed by atoms with Crippen molar-refractivity contribution >= 4 is 8.25 Å². The van der Waals surface area contributed by atoms with Gasteiger partial charge in [0.25, 0.3) is 0 Å². The van der Waals surface area contributed by atoms with Crippen LogP contribution in [0.2, 0.25) is 0 Å². The first-order chi connectivity index (χ1) is 10.5. The number of hydrogen-bond acceptors (Lipinski definition) is 5. The van der Waals surface area contributed by atoms with Gasteiger partial charge in [-0.1, -0.05) is 27.7 Å². The summed E-state index contributed by atoms with van der Waals surface area (Å²) in [7, 11) is -2.19. The molecule has 0 aromatic heterocycles. The lowest BCUT2D eigenvalue weighted by molar-refractivity contribution is 0.176. The molecule has 0 aliphatic carbocycles. The van der Waals surface area contributed by atoms with E-state index in [1.165, 1.54) is 0 Å². The van der Waals surface area contributed by atoms with E-state index < -0.39 is 19.1 Å². The van der Waals surface area contributed by atoms with Crippen molar-refractivity contribution in [2.75, 3.05) is 13.2 Å². The number of nitrogens with zero attached hydrogens (tertiary/aromatic N) is 2. The molecule has 0 saturated carbocycles. The van der Waals surface area contributed by atoms with Crippen molar-refractivity contribution in [2.24, 2.45) is 10.8 Å². The fourth-order valence-corrected chi connectivity index (χ4v) is 2.86. The maximum Gasteiger partial charge on any atom is 0.697 e. The van der Waals surface area contributed by atoms with E-state index in [-0.39, 0.29) is 13.2 Å². The number of nitriles is 2. The molecule has 22 heavy (non-hydrogen) atoms. The highest BCUT2D eigenvalue weighted by atomic mass is 31.1. The van der Waals surface area contributed by atoms with Crippen molar-refractivity contribution < 1.29 is 13.6 Å². The summed E-state index contributed by atoms with van der Waals surface area (Å²) in [6.07, 6.45) is 4.09. The minimum atomic E-state index is -2.19. The molecular formula is C16H28N2O3P+. The van der Waals surface area contributed by atoms with Crippen LogP contribution in [-0.4, -0.2) is 13.2 Å². The van der Waals surface area contributed by atoms with Gasteiger partial charge in [-0.3, -0.25) is 0 Å². The summed E-state index contributed by atoms with van der Waals surface area (Å²) in [5, 5.41) is 18.4. The minimum Gasteiger partial charge on any atom is -0.198 e. The van der Waals surface area contributed by atoms with E-state index >= 15 is 0 Å². The minimum absolute atomic E-state index is 0.245. The molecule has 0 bridgehead atoms. The topological polar surface area (TPSA) is 83.1 Å². The van der Waals surface area contributed by atoms with E-state index in [2.05, 4.69) is 12.1 Å². The van der Waals surface area contributed by atoms with Crippen LogP contribution in [0.3, 0.4) is 0 Å². The zero-order valence-electron chi connectivity index (χ0n) is 14.2. The molecular weight excluding hydrogens is 299 g/mol. The maximum atomic E-state index is 11.7. The Kier molecular flexibility index (Phi) is 10.2. The Labute approximate surface area is 135 Å². The number of hydrogen-bond donors (Lipinski definition) is 0. The highest BCUT2D eigenvalue weighted by molar-refractivity contribution is 7.33. The lowest BCUT2D eigenvalue weighted by Crippen LogP contribution is -2.19. The van der Waals surface area contributed by atoms with Gasteiger partial charge in [0.1, 0.15) is 13.2 Å². The van der Waals surface area contributed by atoms with E-state index in [1.54, 1.807) is 0 Å². The summed E-state index contributed by atoms with van der Waals surface area (Å²) in [6.45, 7) is 8.38. The van der Waals surface area contributed by atoms with Crippen molar-refractivity contribution in [1.29, 1.82) is 10.5 Å². The molecule has 5 nitrogen and oxygen atoms in total. The second-order valence-corrected chi connectivity index (χ2v) is 6.55. The Balaban J connectivity index is 4.13. The van der Waals surface area contributed by atoms with Gasteiger partial charge in [0, 0.05) is 4.57 Å². The highest BCUT2D eigenvalue weighted by Gasteiger charge is 2.31. The molecule has 0 aliphatic rings. The van der Waals surface area contributed by atoms with Crippen LogP contribution >= 0.6 is 8.25 Å². The smallest absolute Gasteiger partial charge is 0.198 e. The summed E-state index contributed by atoms with van der Waals surface area (Å²) in [5.74, 6) is 0. The first-order valence-corrected chi connectivity index (χ1v) is 9.12. The van der Waals surface area contributed by atoms with Crippen molar-refractivity contribution in [1.82, 2.24) is 0 Å². The quantitative estimate of drug-likeness (QED) is 0.465. The molecule has 0 aliphatic heterocycles. The molecule has 0 unspecified atom stereocenters. The predicted octanol–water partition coefficient (Wildman–Crippen LogP) is 5.12. The second-order valence-electron chi connectivity index (χ2n) is 5.59. The maximum absolute atomic E-state index is 11.7. The molecule has 6 heteroatoms. The zero-order chi connectivity index (χ0) is 17.1. The van der Waals surface area contributed by atoms with Crippen molar-refractivity contribution in [3.63, 3.8) is 0 Å². The third kappa shape index (κ3) is 6.41. The third-order valence-corrected chi connectivity index (χ3v) is 5.52. The summed E-state index contributed by atoms with van der Waals surface area (Å²) >= 11 is 0. The Morgan fingerprint density at radius 1 is 0.818 bits per heavy atom. The van der Waals surface area contributed by atoms with E-state index in [4.69, 9.17) is 9.05 Å². The van der Waals surface area contributed by atoms with Crippen LogP contribution in [0.5, 0.6) is 0 Å². The normalized spacial score (nSPS) is 11.7. The molecule has 0 aromatic carbocycles. The summed E-state index contributed by atoms with van der Waals surface area (Å²) in [6, 6.07) is 4.65. The van der Waals surface area contributed by atoms with Crippen LogP contribution in [0, 0.1) is 33.5 Å². The van der Waals surface area contributed by atoms with E-state index in [1.807, 2.05) is 27.7 Å². The average molecular weight is 327 g/mol. The molecule has 0 spiro atoms.